The molecule has 0 heterocycles. The maximum absolute atomic E-state index is 11.5. The number of benzene rings is 6. The van der Waals surface area contributed by atoms with Crippen molar-refractivity contribution in [2.75, 3.05) is 13.1 Å². The van der Waals surface area contributed by atoms with Gasteiger partial charge in [0.2, 0.25) is 0 Å². The van der Waals surface area contributed by atoms with Crippen molar-refractivity contribution in [2.24, 2.45) is 0 Å². The largest absolute Gasteiger partial charge is 3.00 e. The summed E-state index contributed by atoms with van der Waals surface area (Å²) in [5, 5.41) is 16.5. The van der Waals surface area contributed by atoms with Crippen LogP contribution in [0.15, 0.2) is 146 Å². The Kier molecular flexibility index (Phi) is 17.0. The molecule has 271 valence electrons. The molecule has 0 aliphatic rings. The van der Waals surface area contributed by atoms with E-state index < -0.39 is 0 Å². The molecule has 0 spiro atoms. The number of hydrogen-bond acceptors (Lipinski definition) is 2. The topological polar surface area (TPSA) is 37.6 Å². The van der Waals surface area contributed by atoms with Crippen LogP contribution in [0.25, 0.3) is 16.4 Å². The third kappa shape index (κ3) is 14.0. The van der Waals surface area contributed by atoms with Gasteiger partial charge in [-0.3, -0.25) is 4.90 Å². The van der Waals surface area contributed by atoms with E-state index in [1.54, 1.807) is 0 Å². The smallest absolute Gasteiger partial charge is 0.683 e. The summed E-state index contributed by atoms with van der Waals surface area (Å²) in [6, 6.07) is 49.2. The van der Waals surface area contributed by atoms with E-state index in [1.807, 2.05) is 78.9 Å². The molecular formula is C49H55N2OTi. The summed E-state index contributed by atoms with van der Waals surface area (Å²) in [6.45, 7) is 23.5. The van der Waals surface area contributed by atoms with Crippen LogP contribution in [-0.4, -0.2) is 23.1 Å². The van der Waals surface area contributed by atoms with E-state index >= 15 is 0 Å². The summed E-state index contributed by atoms with van der Waals surface area (Å²) >= 11 is 0. The van der Waals surface area contributed by atoms with Gasteiger partial charge in [0.15, 0.2) is 0 Å². The van der Waals surface area contributed by atoms with Gasteiger partial charge < -0.3 is 10.4 Å². The van der Waals surface area contributed by atoms with Gasteiger partial charge >= 0.3 is 21.7 Å². The first-order valence-corrected chi connectivity index (χ1v) is 18.1. The molecule has 0 saturated heterocycles. The molecule has 1 N–H and O–H groups in total. The Hall–Kier alpha value is -4.67. The van der Waals surface area contributed by atoms with Crippen LogP contribution < -0.4 is 0 Å². The van der Waals surface area contributed by atoms with Gasteiger partial charge in [-0.2, -0.15) is 49.2 Å². The van der Waals surface area contributed by atoms with Crippen LogP contribution in [0.5, 0.6) is 5.75 Å². The Morgan fingerprint density at radius 3 is 1.55 bits per heavy atom. The predicted molar refractivity (Wildman–Crippen MR) is 223 cm³/mol. The Labute approximate surface area is 335 Å². The number of rotatable bonds is 9. The molecule has 0 aromatic heterocycles. The second-order valence-electron chi connectivity index (χ2n) is 14.4. The summed E-state index contributed by atoms with van der Waals surface area (Å²) in [7, 11) is 0. The van der Waals surface area contributed by atoms with Gasteiger partial charge in [-0.15, -0.1) is 36.5 Å². The minimum atomic E-state index is -0.0356. The van der Waals surface area contributed by atoms with Crippen LogP contribution >= 0.6 is 0 Å². The van der Waals surface area contributed by atoms with E-state index in [0.717, 1.165) is 46.6 Å². The molecule has 4 heteroatoms. The zero-order valence-electron chi connectivity index (χ0n) is 32.4. The van der Waals surface area contributed by atoms with Gasteiger partial charge in [-0.1, -0.05) is 128 Å². The van der Waals surface area contributed by atoms with Crippen LogP contribution in [0.3, 0.4) is 0 Å². The zero-order chi connectivity index (χ0) is 37.5. The van der Waals surface area contributed by atoms with Crippen molar-refractivity contribution in [3.8, 4) is 16.9 Å². The number of hydrogen-bond donors (Lipinski definition) is 1. The Morgan fingerprint density at radius 2 is 1.09 bits per heavy atom. The third-order valence-electron chi connectivity index (χ3n) is 8.79. The number of phenols is 1. The minimum Gasteiger partial charge on any atom is -0.683 e. The average Bonchev–Trinajstić information content (AvgIpc) is 3.12. The molecule has 0 aliphatic heterocycles. The van der Waals surface area contributed by atoms with Crippen LogP contribution in [0.4, 0.5) is 5.69 Å². The van der Waals surface area contributed by atoms with Crippen molar-refractivity contribution < 1.29 is 26.8 Å². The van der Waals surface area contributed by atoms with E-state index in [2.05, 4.69) is 127 Å². The zero-order valence-corrected chi connectivity index (χ0v) is 34.0. The normalized spacial score (nSPS) is 10.6. The Balaban J connectivity index is 0.000000418. The van der Waals surface area contributed by atoms with Crippen LogP contribution in [-0.2, 0) is 40.2 Å². The van der Waals surface area contributed by atoms with Crippen LogP contribution in [0.1, 0.15) is 65.3 Å². The van der Waals surface area contributed by atoms with Crippen molar-refractivity contribution >= 4 is 5.69 Å². The second-order valence-corrected chi connectivity index (χ2v) is 14.4. The van der Waals surface area contributed by atoms with Gasteiger partial charge in [0.05, 0.1) is 0 Å². The minimum absolute atomic E-state index is 0. The molecule has 6 aromatic carbocycles. The summed E-state index contributed by atoms with van der Waals surface area (Å²) in [5.41, 5.74) is 12.3. The number of aryl methyl sites for hydroxylation is 3. The van der Waals surface area contributed by atoms with Gasteiger partial charge in [-0.05, 0) is 55.5 Å². The fourth-order valence-corrected chi connectivity index (χ4v) is 6.06. The van der Waals surface area contributed by atoms with Crippen molar-refractivity contribution in [2.45, 2.75) is 60.0 Å². The summed E-state index contributed by atoms with van der Waals surface area (Å²) in [5.74, 6) is 0.365. The summed E-state index contributed by atoms with van der Waals surface area (Å²) in [6.07, 6.45) is 0. The first-order chi connectivity index (χ1) is 24.9. The van der Waals surface area contributed by atoms with Crippen molar-refractivity contribution in [1.82, 2.24) is 4.90 Å². The fourth-order valence-electron chi connectivity index (χ4n) is 6.06. The molecule has 0 atom stereocenters. The SMILES string of the molecule is Cc1cc(C)c([N-]CCN(Cc2ccccc2)Cc2cc(C(C)(C)C)cc(-c3ccccc3)c2O)c(C)c1.[CH2-]c1ccccc1.[CH2-]c1ccccc1.[Ti+3]. The molecule has 53 heavy (non-hydrogen) atoms. The summed E-state index contributed by atoms with van der Waals surface area (Å²) < 4.78 is 0. The number of nitrogens with zero attached hydrogens (tertiary/aromatic N) is 2. The molecule has 6 aromatic rings. The maximum atomic E-state index is 11.5. The quantitative estimate of drug-likeness (QED) is 0.119. The van der Waals surface area contributed by atoms with Crippen LogP contribution in [0.2, 0.25) is 0 Å². The molecule has 6 rings (SSSR count). The monoisotopic (exact) mass is 735 g/mol. The van der Waals surface area contributed by atoms with Crippen LogP contribution in [0, 0.1) is 34.6 Å². The first kappa shape index (κ1) is 42.7. The Bertz CT molecular complexity index is 1880. The molecule has 0 saturated carbocycles. The third-order valence-corrected chi connectivity index (χ3v) is 8.79. The van der Waals surface area contributed by atoms with Crippen molar-refractivity contribution in [1.29, 1.82) is 0 Å². The Morgan fingerprint density at radius 1 is 0.623 bits per heavy atom. The van der Waals surface area contributed by atoms with E-state index in [-0.39, 0.29) is 27.1 Å². The molecular weight excluding hydrogens is 680 g/mol. The van der Waals surface area contributed by atoms with E-state index in [0.29, 0.717) is 18.8 Å². The second kappa shape index (κ2) is 21.1. The fraction of sp³-hybridized carbons (Fsp3) is 0.224. The van der Waals surface area contributed by atoms with Gasteiger partial charge in [0.25, 0.3) is 0 Å². The average molecular weight is 736 g/mol. The van der Waals surface area contributed by atoms with Crippen molar-refractivity contribution in [3.05, 3.63) is 209 Å². The predicted octanol–water partition coefficient (Wildman–Crippen LogP) is 12.7. The molecule has 0 fully saturated rings. The van der Waals surface area contributed by atoms with E-state index in [9.17, 15) is 5.11 Å². The van der Waals surface area contributed by atoms with Crippen molar-refractivity contribution in [3.63, 3.8) is 0 Å². The van der Waals surface area contributed by atoms with Gasteiger partial charge in [0.1, 0.15) is 5.75 Å². The molecule has 0 bridgehead atoms. The molecule has 3 nitrogen and oxygen atoms in total. The van der Waals surface area contributed by atoms with Gasteiger partial charge in [-0.25, -0.2) is 0 Å². The molecule has 0 aliphatic carbocycles. The number of aromatic hydroxyl groups is 1. The number of phenolic OH excluding ortho intramolecular Hbond substituents is 1. The van der Waals surface area contributed by atoms with Gasteiger partial charge in [0, 0.05) is 24.2 Å². The molecule has 0 amide bonds. The van der Waals surface area contributed by atoms with E-state index in [1.165, 1.54) is 27.8 Å². The summed E-state index contributed by atoms with van der Waals surface area (Å²) in [4.78, 5) is 2.40. The molecule has 0 unspecified atom stereocenters. The first-order valence-electron chi connectivity index (χ1n) is 18.1. The standard InChI is InChI=1S/C35H41N2O.2C7H7.Ti/c1-25-19-26(2)33(27(3)20-25)36-17-18-37(23-28-13-9-7-10-14-28)24-30-21-31(35(4,5)6)22-32(34(30)38)29-15-11-8-12-16-29;2*1-7-5-3-2-4-6-7;/h7-16,19-22,38H,17-18,23-24H2,1-6H3;2*2-6H,1H2;/q3*-1;+3. The molecule has 1 radical (unpaired) electrons. The van der Waals surface area contributed by atoms with E-state index in [4.69, 9.17) is 5.32 Å². The maximum Gasteiger partial charge on any atom is 3.00 e.